The van der Waals surface area contributed by atoms with Crippen molar-refractivity contribution in [1.82, 2.24) is 0 Å². The Labute approximate surface area is 220 Å². The van der Waals surface area contributed by atoms with Gasteiger partial charge in [-0.15, -0.1) is 11.3 Å². The molecule has 0 aliphatic carbocycles. The lowest BCUT2D eigenvalue weighted by Gasteiger charge is -2.14. The molecule has 0 saturated heterocycles. The average Bonchev–Trinajstić information content (AvgIpc) is 3.24. The zero-order valence-corrected chi connectivity index (χ0v) is 22.0. The third-order valence-corrected chi connectivity index (χ3v) is 7.12. The molecule has 0 aliphatic heterocycles. The molecular formula is C30H30O6S. The fourth-order valence-corrected chi connectivity index (χ4v) is 5.27. The fourth-order valence-electron chi connectivity index (χ4n) is 4.06. The second-order valence-corrected chi connectivity index (χ2v) is 10.1. The van der Waals surface area contributed by atoms with E-state index < -0.39 is 5.97 Å². The lowest BCUT2D eigenvalue weighted by atomic mass is 9.96. The summed E-state index contributed by atoms with van der Waals surface area (Å²) in [6, 6.07) is 21.4. The quantitative estimate of drug-likeness (QED) is 0.164. The van der Waals surface area contributed by atoms with Crippen LogP contribution in [0.1, 0.15) is 43.7 Å². The summed E-state index contributed by atoms with van der Waals surface area (Å²) < 4.78 is 17.9. The van der Waals surface area contributed by atoms with Crippen LogP contribution in [0.4, 0.5) is 0 Å². The highest BCUT2D eigenvalue weighted by Crippen LogP contribution is 2.48. The van der Waals surface area contributed by atoms with Crippen LogP contribution in [0.5, 0.6) is 17.2 Å². The van der Waals surface area contributed by atoms with E-state index in [4.69, 9.17) is 19.3 Å². The minimum atomic E-state index is -0.817. The van der Waals surface area contributed by atoms with Gasteiger partial charge in [0.2, 0.25) is 0 Å². The average molecular weight is 519 g/mol. The minimum absolute atomic E-state index is 0.0872. The Morgan fingerprint density at radius 3 is 2.38 bits per heavy atom. The van der Waals surface area contributed by atoms with Gasteiger partial charge in [-0.1, -0.05) is 50.2 Å². The highest BCUT2D eigenvalue weighted by Gasteiger charge is 2.20. The van der Waals surface area contributed by atoms with Gasteiger partial charge in [-0.2, -0.15) is 0 Å². The van der Waals surface area contributed by atoms with Crippen LogP contribution in [0.15, 0.2) is 66.7 Å². The molecule has 37 heavy (non-hydrogen) atoms. The molecule has 4 aromatic rings. The number of carbonyl (C=O) groups excluding carboxylic acids is 1. The summed E-state index contributed by atoms with van der Waals surface area (Å²) >= 11 is 1.60. The summed E-state index contributed by atoms with van der Waals surface area (Å²) in [5, 5.41) is 9.87. The number of thiophene rings is 1. The van der Waals surface area contributed by atoms with Crippen molar-refractivity contribution in [3.05, 3.63) is 77.9 Å². The van der Waals surface area contributed by atoms with E-state index in [2.05, 4.69) is 26.0 Å². The van der Waals surface area contributed by atoms with E-state index >= 15 is 0 Å². The lowest BCUT2D eigenvalue weighted by molar-refractivity contribution is -0.137. The Hall–Kier alpha value is -3.68. The van der Waals surface area contributed by atoms with E-state index in [0.717, 1.165) is 31.8 Å². The zero-order valence-electron chi connectivity index (χ0n) is 21.2. The van der Waals surface area contributed by atoms with Crippen molar-refractivity contribution < 1.29 is 28.9 Å². The molecule has 0 unspecified atom stereocenters. The number of rotatable bonds is 11. The molecule has 3 aromatic carbocycles. The number of benzene rings is 3. The molecule has 0 atom stereocenters. The number of methoxy groups -OCH3 is 1. The van der Waals surface area contributed by atoms with Gasteiger partial charge in [-0.25, -0.2) is 0 Å². The van der Waals surface area contributed by atoms with E-state index in [9.17, 15) is 9.59 Å². The van der Waals surface area contributed by atoms with E-state index in [-0.39, 0.29) is 18.8 Å². The van der Waals surface area contributed by atoms with Crippen molar-refractivity contribution in [3.63, 3.8) is 0 Å². The summed E-state index contributed by atoms with van der Waals surface area (Å²) in [5.41, 5.74) is 3.26. The van der Waals surface area contributed by atoms with E-state index in [1.165, 1.54) is 5.56 Å². The Morgan fingerprint density at radius 1 is 0.946 bits per heavy atom. The number of carboxylic acid groups (broad SMARTS) is 1. The van der Waals surface area contributed by atoms with Crippen molar-refractivity contribution in [3.8, 4) is 27.7 Å². The van der Waals surface area contributed by atoms with Crippen LogP contribution in [0, 0.1) is 0 Å². The first-order valence-electron chi connectivity index (χ1n) is 12.2. The number of hydrogen-bond donors (Lipinski definition) is 1. The third kappa shape index (κ3) is 6.56. The van der Waals surface area contributed by atoms with Crippen molar-refractivity contribution >= 4 is 33.4 Å². The van der Waals surface area contributed by atoms with E-state index in [1.807, 2.05) is 48.5 Å². The van der Waals surface area contributed by atoms with Gasteiger partial charge in [0.1, 0.15) is 11.5 Å². The van der Waals surface area contributed by atoms with Crippen molar-refractivity contribution in [2.45, 2.75) is 39.0 Å². The molecule has 0 aliphatic rings. The minimum Gasteiger partial charge on any atom is -0.481 e. The lowest BCUT2D eigenvalue weighted by Crippen LogP contribution is -2.10. The number of hydrogen-bond acceptors (Lipinski definition) is 6. The highest BCUT2D eigenvalue weighted by molar-refractivity contribution is 7.22. The number of carbonyl (C=O) groups is 2. The monoisotopic (exact) mass is 518 g/mol. The summed E-state index contributed by atoms with van der Waals surface area (Å²) in [4.78, 5) is 24.0. The largest absolute Gasteiger partial charge is 0.481 e. The number of esters is 1. The first-order chi connectivity index (χ1) is 17.9. The van der Waals surface area contributed by atoms with Gasteiger partial charge in [0.05, 0.1) is 17.9 Å². The van der Waals surface area contributed by atoms with Gasteiger partial charge in [-0.3, -0.25) is 9.59 Å². The molecule has 0 radical (unpaired) electrons. The van der Waals surface area contributed by atoms with Crippen LogP contribution in [0.3, 0.4) is 0 Å². The molecule has 6 nitrogen and oxygen atoms in total. The van der Waals surface area contributed by atoms with E-state index in [0.29, 0.717) is 30.4 Å². The third-order valence-electron chi connectivity index (χ3n) is 5.96. The van der Waals surface area contributed by atoms with Gasteiger partial charge in [-0.05, 0) is 59.4 Å². The van der Waals surface area contributed by atoms with Crippen LogP contribution < -0.4 is 9.47 Å². The van der Waals surface area contributed by atoms with Crippen molar-refractivity contribution in [2.75, 3.05) is 13.7 Å². The summed E-state index contributed by atoms with van der Waals surface area (Å²) in [6.07, 6.45) is 0.739. The van der Waals surface area contributed by atoms with Gasteiger partial charge in [0.15, 0.2) is 5.75 Å². The van der Waals surface area contributed by atoms with E-state index in [1.54, 1.807) is 24.5 Å². The second kappa shape index (κ2) is 12.0. The number of aliphatic carboxylic acids is 1. The Bertz CT molecular complexity index is 1390. The fraction of sp³-hybridized carbons (Fsp3) is 0.267. The number of carboxylic acids is 1. The predicted molar refractivity (Wildman–Crippen MR) is 146 cm³/mol. The molecule has 0 saturated carbocycles. The van der Waals surface area contributed by atoms with Crippen LogP contribution in [-0.4, -0.2) is 30.8 Å². The molecule has 1 N–H and O–H groups in total. The smallest absolute Gasteiger partial charge is 0.313 e. The Balaban J connectivity index is 1.73. The molecular weight excluding hydrogens is 488 g/mol. The summed E-state index contributed by atoms with van der Waals surface area (Å²) in [6.45, 7) is 4.64. The van der Waals surface area contributed by atoms with Gasteiger partial charge >= 0.3 is 11.9 Å². The summed E-state index contributed by atoms with van der Waals surface area (Å²) in [7, 11) is 1.55. The molecule has 7 heteroatoms. The maximum Gasteiger partial charge on any atom is 0.313 e. The van der Waals surface area contributed by atoms with Crippen LogP contribution >= 0.6 is 11.3 Å². The molecule has 0 amide bonds. The molecule has 192 valence electrons. The molecule has 1 aromatic heterocycles. The second-order valence-electron chi connectivity index (χ2n) is 9.02. The number of fused-ring (bicyclic) bond motifs is 1. The first-order valence-corrected chi connectivity index (χ1v) is 13.0. The maximum absolute atomic E-state index is 12.1. The van der Waals surface area contributed by atoms with Crippen LogP contribution in [-0.2, 0) is 20.7 Å². The molecule has 4 rings (SSSR count). The van der Waals surface area contributed by atoms with Gasteiger partial charge in [0, 0.05) is 23.6 Å². The van der Waals surface area contributed by atoms with Crippen LogP contribution in [0.25, 0.3) is 20.5 Å². The first kappa shape index (κ1) is 26.4. The van der Waals surface area contributed by atoms with Crippen molar-refractivity contribution in [1.29, 1.82) is 0 Å². The maximum atomic E-state index is 12.1. The highest BCUT2D eigenvalue weighted by atomic mass is 32.1. The molecule has 1 heterocycles. The van der Waals surface area contributed by atoms with Gasteiger partial charge in [0.25, 0.3) is 0 Å². The zero-order chi connectivity index (χ0) is 26.4. The predicted octanol–water partition coefficient (Wildman–Crippen LogP) is 7.44. The molecule has 0 fully saturated rings. The van der Waals surface area contributed by atoms with Crippen LogP contribution in [0.2, 0.25) is 0 Å². The number of aryl methyl sites for hydroxylation is 1. The Kier molecular flexibility index (Phi) is 8.58. The topological polar surface area (TPSA) is 82.1 Å². The standard InChI is InChI=1S/C30H30O6S/c1-19(2)23-6-4-5-7-24(23)30-29(36-21-11-8-20(9-12-21)10-15-27(31)32)25-14-13-22(18-26(25)37-30)35-28(33)16-17-34-3/h4-9,11-14,18-19H,10,15-17H2,1-3H3,(H,31,32). The SMILES string of the molecule is COCCC(=O)Oc1ccc2c(Oc3ccc(CCC(=O)O)cc3)c(-c3ccccc3C(C)C)sc2c1. The van der Waals surface area contributed by atoms with Gasteiger partial charge < -0.3 is 19.3 Å². The molecule has 0 bridgehead atoms. The summed E-state index contributed by atoms with van der Waals surface area (Å²) in [5.74, 6) is 1.04. The van der Waals surface area contributed by atoms with Crippen molar-refractivity contribution in [2.24, 2.45) is 0 Å². The molecule has 0 spiro atoms. The Morgan fingerprint density at radius 2 is 1.68 bits per heavy atom. The number of ether oxygens (including phenoxy) is 3. The normalized spacial score (nSPS) is 11.1.